The molecule has 1 unspecified atom stereocenters. The highest BCUT2D eigenvalue weighted by atomic mass is 19.4. The monoisotopic (exact) mass is 431 g/mol. The maximum absolute atomic E-state index is 13.0. The van der Waals surface area contributed by atoms with Gasteiger partial charge in [0.15, 0.2) is 0 Å². The quantitative estimate of drug-likeness (QED) is 0.648. The van der Waals surface area contributed by atoms with E-state index in [4.69, 9.17) is 4.74 Å². The van der Waals surface area contributed by atoms with Crippen molar-refractivity contribution >= 4 is 17.2 Å². The molecule has 0 radical (unpaired) electrons. The standard InChI is InChI=1S/C24H24F3NO3/c25-24(26,27)18-7-9-20-16(5-2-10-31-22(20)12-18)11-23(30)28-19-8-6-15-3-1-4-17(14-29)21(15)13-19/h6-9,11-13,17,29H,1-5,10,14H2,(H,28,30). The van der Waals surface area contributed by atoms with Crippen molar-refractivity contribution in [1.82, 2.24) is 0 Å². The first-order valence-corrected chi connectivity index (χ1v) is 10.4. The number of aliphatic hydroxyl groups excluding tert-OH is 1. The minimum absolute atomic E-state index is 0.0746. The first-order chi connectivity index (χ1) is 14.8. The number of alkyl halides is 3. The number of rotatable bonds is 3. The van der Waals surface area contributed by atoms with Crippen LogP contribution in [0.3, 0.4) is 0 Å². The second-order valence-corrected chi connectivity index (χ2v) is 8.00. The Labute approximate surface area is 178 Å². The lowest BCUT2D eigenvalue weighted by atomic mass is 9.83. The number of aliphatic hydroxyl groups is 1. The van der Waals surface area contributed by atoms with Gasteiger partial charge in [0, 0.05) is 29.9 Å². The molecule has 0 spiro atoms. The molecule has 1 amide bonds. The van der Waals surface area contributed by atoms with E-state index >= 15 is 0 Å². The van der Waals surface area contributed by atoms with Gasteiger partial charge in [-0.15, -0.1) is 0 Å². The molecule has 1 heterocycles. The summed E-state index contributed by atoms with van der Waals surface area (Å²) in [6.45, 7) is 0.367. The molecular formula is C24H24F3NO3. The van der Waals surface area contributed by atoms with Crippen LogP contribution in [-0.2, 0) is 17.4 Å². The van der Waals surface area contributed by atoms with Gasteiger partial charge in [-0.3, -0.25) is 4.79 Å². The normalized spacial score (nSPS) is 19.7. The minimum Gasteiger partial charge on any atom is -0.493 e. The SMILES string of the molecule is O=C(C=C1CCCOc2cc(C(F)(F)F)ccc21)Nc1ccc2c(c1)C(CO)CCC2. The third kappa shape index (κ3) is 4.77. The molecule has 1 aliphatic heterocycles. The molecule has 4 rings (SSSR count). The first-order valence-electron chi connectivity index (χ1n) is 10.4. The van der Waals surface area contributed by atoms with Crippen molar-refractivity contribution in [1.29, 1.82) is 0 Å². The number of nitrogens with one attached hydrogen (secondary N) is 1. The molecule has 0 bridgehead atoms. The molecule has 2 aromatic rings. The van der Waals surface area contributed by atoms with Crippen molar-refractivity contribution in [3.05, 3.63) is 64.7 Å². The van der Waals surface area contributed by atoms with Gasteiger partial charge in [-0.25, -0.2) is 0 Å². The van der Waals surface area contributed by atoms with Crippen molar-refractivity contribution in [3.63, 3.8) is 0 Å². The fourth-order valence-electron chi connectivity index (χ4n) is 4.31. The van der Waals surface area contributed by atoms with Crippen LogP contribution < -0.4 is 10.1 Å². The van der Waals surface area contributed by atoms with Gasteiger partial charge >= 0.3 is 6.18 Å². The molecule has 0 aromatic heterocycles. The third-order valence-electron chi connectivity index (χ3n) is 5.88. The molecule has 31 heavy (non-hydrogen) atoms. The van der Waals surface area contributed by atoms with Gasteiger partial charge in [0.2, 0.25) is 5.91 Å². The maximum Gasteiger partial charge on any atom is 0.416 e. The number of ether oxygens (including phenoxy) is 1. The Kier molecular flexibility index (Phi) is 6.05. The number of allylic oxidation sites excluding steroid dienone is 1. The zero-order valence-electron chi connectivity index (χ0n) is 17.0. The summed E-state index contributed by atoms with van der Waals surface area (Å²) < 4.78 is 44.6. The van der Waals surface area contributed by atoms with Gasteiger partial charge in [-0.2, -0.15) is 13.2 Å². The highest BCUT2D eigenvalue weighted by Gasteiger charge is 2.32. The number of benzene rings is 2. The second-order valence-electron chi connectivity index (χ2n) is 8.00. The van der Waals surface area contributed by atoms with Crippen LogP contribution in [0.15, 0.2) is 42.5 Å². The Balaban J connectivity index is 1.57. The van der Waals surface area contributed by atoms with Gasteiger partial charge < -0.3 is 15.2 Å². The molecule has 2 aromatic carbocycles. The second kappa shape index (κ2) is 8.75. The number of hydrogen-bond acceptors (Lipinski definition) is 3. The molecule has 0 saturated heterocycles. The van der Waals surface area contributed by atoms with E-state index in [9.17, 15) is 23.1 Å². The molecule has 1 aliphatic carbocycles. The Bertz CT molecular complexity index is 1010. The number of hydrogen-bond donors (Lipinski definition) is 2. The first kappa shape index (κ1) is 21.4. The van der Waals surface area contributed by atoms with E-state index < -0.39 is 11.7 Å². The van der Waals surface area contributed by atoms with Crippen LogP contribution in [0.2, 0.25) is 0 Å². The largest absolute Gasteiger partial charge is 0.493 e. The van der Waals surface area contributed by atoms with Gasteiger partial charge in [-0.05, 0) is 73.1 Å². The van der Waals surface area contributed by atoms with Gasteiger partial charge in [0.25, 0.3) is 0 Å². The van der Waals surface area contributed by atoms with Crippen LogP contribution in [0, 0.1) is 0 Å². The number of halogens is 3. The summed E-state index contributed by atoms with van der Waals surface area (Å²) in [7, 11) is 0. The lowest BCUT2D eigenvalue weighted by Crippen LogP contribution is -2.15. The summed E-state index contributed by atoms with van der Waals surface area (Å²) in [6.07, 6.45) is 1.03. The Morgan fingerprint density at radius 1 is 1.16 bits per heavy atom. The summed E-state index contributed by atoms with van der Waals surface area (Å²) in [5.41, 5.74) is 3.27. The summed E-state index contributed by atoms with van der Waals surface area (Å²) in [5, 5.41) is 12.5. The fourth-order valence-corrected chi connectivity index (χ4v) is 4.31. The maximum atomic E-state index is 13.0. The Hall–Kier alpha value is -2.80. The molecule has 7 heteroatoms. The molecule has 164 valence electrons. The molecule has 1 atom stereocenters. The van der Waals surface area contributed by atoms with E-state index in [2.05, 4.69) is 5.32 Å². The van der Waals surface area contributed by atoms with Crippen molar-refractivity contribution in [2.75, 3.05) is 18.5 Å². The van der Waals surface area contributed by atoms with Crippen LogP contribution >= 0.6 is 0 Å². The van der Waals surface area contributed by atoms with Crippen LogP contribution in [0.4, 0.5) is 18.9 Å². The van der Waals surface area contributed by atoms with Crippen molar-refractivity contribution in [2.24, 2.45) is 0 Å². The van der Waals surface area contributed by atoms with Crippen molar-refractivity contribution in [3.8, 4) is 5.75 Å². The third-order valence-corrected chi connectivity index (χ3v) is 5.88. The molecular weight excluding hydrogens is 407 g/mol. The molecule has 2 N–H and O–H groups in total. The number of anilines is 1. The summed E-state index contributed by atoms with van der Waals surface area (Å²) >= 11 is 0. The van der Waals surface area contributed by atoms with E-state index in [0.717, 1.165) is 37.0 Å². The highest BCUT2D eigenvalue weighted by Crippen LogP contribution is 2.38. The van der Waals surface area contributed by atoms with Crippen LogP contribution in [0.1, 0.15) is 53.9 Å². The molecule has 0 saturated carbocycles. The summed E-state index contributed by atoms with van der Waals surface area (Å²) in [4.78, 5) is 12.7. The number of carbonyl (C=O) groups is 1. The van der Waals surface area contributed by atoms with E-state index in [1.54, 1.807) is 0 Å². The van der Waals surface area contributed by atoms with E-state index in [1.807, 2.05) is 18.2 Å². The number of carbonyl (C=O) groups excluding carboxylic acids is 1. The number of fused-ring (bicyclic) bond motifs is 2. The Morgan fingerprint density at radius 3 is 2.77 bits per heavy atom. The molecule has 0 fully saturated rings. The average molecular weight is 431 g/mol. The molecule has 2 aliphatic rings. The van der Waals surface area contributed by atoms with E-state index in [0.29, 0.717) is 36.3 Å². The van der Waals surface area contributed by atoms with Gasteiger partial charge in [0.05, 0.1) is 12.2 Å². The Morgan fingerprint density at radius 2 is 2.00 bits per heavy atom. The molecule has 4 nitrogen and oxygen atoms in total. The van der Waals surface area contributed by atoms with Crippen LogP contribution in [0.5, 0.6) is 5.75 Å². The smallest absolute Gasteiger partial charge is 0.416 e. The van der Waals surface area contributed by atoms with Crippen LogP contribution in [-0.4, -0.2) is 24.2 Å². The number of amides is 1. The minimum atomic E-state index is -4.45. The zero-order valence-corrected chi connectivity index (χ0v) is 17.0. The zero-order chi connectivity index (χ0) is 22.0. The topological polar surface area (TPSA) is 58.6 Å². The van der Waals surface area contributed by atoms with Crippen molar-refractivity contribution in [2.45, 2.75) is 44.2 Å². The fraction of sp³-hybridized carbons (Fsp3) is 0.375. The summed E-state index contributed by atoms with van der Waals surface area (Å²) in [5.74, 6) is -0.127. The lowest BCUT2D eigenvalue weighted by molar-refractivity contribution is -0.137. The van der Waals surface area contributed by atoms with Crippen molar-refractivity contribution < 1.29 is 27.8 Å². The van der Waals surface area contributed by atoms with E-state index in [1.165, 1.54) is 17.7 Å². The number of aryl methyl sites for hydroxylation is 1. The predicted molar refractivity (Wildman–Crippen MR) is 112 cm³/mol. The average Bonchev–Trinajstić information content (AvgIpc) is 2.94. The van der Waals surface area contributed by atoms with Crippen LogP contribution in [0.25, 0.3) is 5.57 Å². The summed E-state index contributed by atoms with van der Waals surface area (Å²) in [6, 6.07) is 9.10. The highest BCUT2D eigenvalue weighted by molar-refractivity contribution is 6.04. The van der Waals surface area contributed by atoms with E-state index in [-0.39, 0.29) is 24.2 Å². The lowest BCUT2D eigenvalue weighted by Gasteiger charge is -2.24. The van der Waals surface area contributed by atoms with Gasteiger partial charge in [0.1, 0.15) is 5.75 Å². The van der Waals surface area contributed by atoms with Gasteiger partial charge in [-0.1, -0.05) is 12.1 Å². The predicted octanol–water partition coefficient (Wildman–Crippen LogP) is 5.31.